The molecular weight excluding hydrogens is 464 g/mol. The van der Waals surface area contributed by atoms with Crippen LogP contribution < -0.4 is 0 Å². The van der Waals surface area contributed by atoms with Crippen molar-refractivity contribution in [1.82, 2.24) is 49.6 Å². The maximum absolute atomic E-state index is 4.76. The summed E-state index contributed by atoms with van der Waals surface area (Å²) in [6, 6.07) is 6.19. The number of nitrogens with zero attached hydrogens (tertiary/aromatic N) is 8. The zero-order valence-electron chi connectivity index (χ0n) is 20.5. The molecule has 2 N–H and O–H groups in total. The molecule has 184 valence electrons. The first-order valence-corrected chi connectivity index (χ1v) is 12.6. The van der Waals surface area contributed by atoms with Crippen LogP contribution in [0.15, 0.2) is 55.5 Å². The van der Waals surface area contributed by atoms with Gasteiger partial charge in [0.25, 0.3) is 0 Å². The van der Waals surface area contributed by atoms with Gasteiger partial charge in [-0.05, 0) is 56.6 Å². The van der Waals surface area contributed by atoms with E-state index in [4.69, 9.17) is 9.97 Å². The van der Waals surface area contributed by atoms with Gasteiger partial charge in [0.1, 0.15) is 11.2 Å². The van der Waals surface area contributed by atoms with Crippen molar-refractivity contribution in [1.29, 1.82) is 0 Å². The van der Waals surface area contributed by atoms with Crippen molar-refractivity contribution in [3.8, 4) is 28.5 Å². The summed E-state index contributed by atoms with van der Waals surface area (Å²) in [6.45, 7) is 5.20. The molecule has 37 heavy (non-hydrogen) atoms. The fourth-order valence-electron chi connectivity index (χ4n) is 5.12. The lowest BCUT2D eigenvalue weighted by Gasteiger charge is -2.26. The highest BCUT2D eigenvalue weighted by Crippen LogP contribution is 2.30. The van der Waals surface area contributed by atoms with Crippen LogP contribution in [0.3, 0.4) is 0 Å². The number of likely N-dealkylation sites (tertiary alicyclic amines) is 1. The fraction of sp³-hybridized carbons (Fsp3) is 0.259. The molecule has 1 aliphatic heterocycles. The molecule has 6 aromatic rings. The Bertz CT molecular complexity index is 1720. The zero-order chi connectivity index (χ0) is 24.8. The highest BCUT2D eigenvalue weighted by Gasteiger charge is 2.17. The maximum atomic E-state index is 4.76. The number of aromatic amines is 2. The molecule has 1 aliphatic rings. The first-order chi connectivity index (χ1) is 18.2. The fourth-order valence-corrected chi connectivity index (χ4v) is 5.12. The zero-order valence-corrected chi connectivity index (χ0v) is 20.5. The first kappa shape index (κ1) is 21.8. The standard InChI is InChI=1S/C27H26N10/c1-17-14-37(16-31-17)23-5-6-29-26-25(23)32-27(33-26)24-20-10-21(30-13-22(20)34-35-24)19-9-18(11-28-12-19)15-36-7-3-2-4-8-36/h5-6,9-14,16H,2-4,7-8,15H2,1H3,(H,34,35)(H,29,32,33). The van der Waals surface area contributed by atoms with E-state index in [0.29, 0.717) is 11.5 Å². The van der Waals surface area contributed by atoms with Crippen LogP contribution in [-0.4, -0.2) is 62.7 Å². The number of aryl methyl sites for hydroxylation is 1. The van der Waals surface area contributed by atoms with Crippen LogP contribution >= 0.6 is 0 Å². The molecule has 0 spiro atoms. The average molecular weight is 491 g/mol. The number of pyridine rings is 3. The van der Waals surface area contributed by atoms with Crippen LogP contribution in [0.4, 0.5) is 0 Å². The largest absolute Gasteiger partial charge is 0.333 e. The number of aromatic nitrogens is 9. The van der Waals surface area contributed by atoms with Gasteiger partial charge in [0, 0.05) is 42.3 Å². The van der Waals surface area contributed by atoms with Crippen molar-refractivity contribution in [2.24, 2.45) is 0 Å². The Morgan fingerprint density at radius 3 is 2.78 bits per heavy atom. The summed E-state index contributed by atoms with van der Waals surface area (Å²) in [4.78, 5) is 28.7. The number of fused-ring (bicyclic) bond motifs is 2. The van der Waals surface area contributed by atoms with E-state index in [0.717, 1.165) is 64.4 Å². The van der Waals surface area contributed by atoms with Crippen LogP contribution in [0.1, 0.15) is 30.5 Å². The Morgan fingerprint density at radius 1 is 1.00 bits per heavy atom. The Balaban J connectivity index is 1.26. The third kappa shape index (κ3) is 4.05. The summed E-state index contributed by atoms with van der Waals surface area (Å²) in [7, 11) is 0. The predicted molar refractivity (Wildman–Crippen MR) is 141 cm³/mol. The highest BCUT2D eigenvalue weighted by molar-refractivity contribution is 5.95. The van der Waals surface area contributed by atoms with Crippen LogP contribution in [0.2, 0.25) is 0 Å². The third-order valence-corrected chi connectivity index (χ3v) is 6.98. The molecule has 10 heteroatoms. The van der Waals surface area contributed by atoms with Crippen molar-refractivity contribution < 1.29 is 0 Å². The second-order valence-corrected chi connectivity index (χ2v) is 9.64. The van der Waals surface area contributed by atoms with Gasteiger partial charge in [-0.1, -0.05) is 6.42 Å². The lowest BCUT2D eigenvalue weighted by atomic mass is 10.1. The van der Waals surface area contributed by atoms with Gasteiger partial charge >= 0.3 is 0 Å². The molecule has 0 bridgehead atoms. The number of H-pyrrole nitrogens is 2. The quantitative estimate of drug-likeness (QED) is 0.367. The number of piperidine rings is 1. The molecule has 0 aliphatic carbocycles. The second kappa shape index (κ2) is 8.90. The van der Waals surface area contributed by atoms with E-state index in [2.05, 4.69) is 47.2 Å². The number of imidazole rings is 2. The van der Waals surface area contributed by atoms with Gasteiger partial charge in [0.05, 0.1) is 35.1 Å². The third-order valence-electron chi connectivity index (χ3n) is 6.98. The molecule has 7 rings (SSSR count). The first-order valence-electron chi connectivity index (χ1n) is 12.6. The Kier molecular flexibility index (Phi) is 5.24. The van der Waals surface area contributed by atoms with Crippen molar-refractivity contribution in [2.45, 2.75) is 32.7 Å². The van der Waals surface area contributed by atoms with Gasteiger partial charge in [0.2, 0.25) is 0 Å². The molecule has 1 saturated heterocycles. The van der Waals surface area contributed by atoms with Gasteiger partial charge in [0.15, 0.2) is 11.5 Å². The van der Waals surface area contributed by atoms with Crippen molar-refractivity contribution in [3.63, 3.8) is 0 Å². The summed E-state index contributed by atoms with van der Waals surface area (Å²) in [5.74, 6) is 0.646. The maximum Gasteiger partial charge on any atom is 0.180 e. The number of rotatable bonds is 5. The van der Waals surface area contributed by atoms with E-state index in [9.17, 15) is 0 Å². The van der Waals surface area contributed by atoms with Crippen LogP contribution in [0.25, 0.3) is 50.5 Å². The van der Waals surface area contributed by atoms with Gasteiger partial charge < -0.3 is 9.55 Å². The second-order valence-electron chi connectivity index (χ2n) is 9.64. The molecule has 7 heterocycles. The summed E-state index contributed by atoms with van der Waals surface area (Å²) in [5, 5.41) is 8.60. The molecule has 10 nitrogen and oxygen atoms in total. The average Bonchev–Trinajstić information content (AvgIpc) is 3.66. The minimum Gasteiger partial charge on any atom is -0.333 e. The van der Waals surface area contributed by atoms with Crippen LogP contribution in [0.5, 0.6) is 0 Å². The molecule has 0 unspecified atom stereocenters. The highest BCUT2D eigenvalue weighted by atomic mass is 15.2. The Labute approximate surface area is 212 Å². The van der Waals surface area contributed by atoms with Gasteiger partial charge in [-0.3, -0.25) is 20.0 Å². The Hall–Kier alpha value is -4.44. The van der Waals surface area contributed by atoms with E-state index in [-0.39, 0.29) is 0 Å². The van der Waals surface area contributed by atoms with Gasteiger partial charge in [-0.2, -0.15) is 5.10 Å². The van der Waals surface area contributed by atoms with Crippen LogP contribution in [0, 0.1) is 6.92 Å². The van der Waals surface area contributed by atoms with E-state index >= 15 is 0 Å². The molecule has 0 radical (unpaired) electrons. The van der Waals surface area contributed by atoms with E-state index < -0.39 is 0 Å². The van der Waals surface area contributed by atoms with E-state index in [1.165, 1.54) is 24.8 Å². The van der Waals surface area contributed by atoms with Gasteiger partial charge in [-0.15, -0.1) is 0 Å². The lowest BCUT2D eigenvalue weighted by molar-refractivity contribution is 0.220. The smallest absolute Gasteiger partial charge is 0.180 e. The van der Waals surface area contributed by atoms with Gasteiger partial charge in [-0.25, -0.2) is 15.0 Å². The monoisotopic (exact) mass is 490 g/mol. The normalized spacial score (nSPS) is 14.6. The molecule has 0 aromatic carbocycles. The SMILES string of the molecule is Cc1cn(-c2ccnc3nc(-c4n[nH]c5cnc(-c6cncc(CN7CCCCC7)c6)cc45)[nH]c23)cn1. The predicted octanol–water partition coefficient (Wildman–Crippen LogP) is 4.44. The van der Waals surface area contributed by atoms with E-state index in [1.54, 1.807) is 12.5 Å². The Morgan fingerprint density at radius 2 is 1.92 bits per heavy atom. The summed E-state index contributed by atoms with van der Waals surface area (Å²) >= 11 is 0. The van der Waals surface area contributed by atoms with Crippen molar-refractivity contribution in [2.75, 3.05) is 13.1 Å². The minimum absolute atomic E-state index is 0.624. The summed E-state index contributed by atoms with van der Waals surface area (Å²) in [5.41, 5.74) is 7.95. The molecule has 0 atom stereocenters. The molecule has 0 amide bonds. The number of nitrogens with one attached hydrogen (secondary N) is 2. The molecule has 1 fully saturated rings. The molecular formula is C27H26N10. The lowest BCUT2D eigenvalue weighted by Crippen LogP contribution is -2.29. The topological polar surface area (TPSA) is 117 Å². The minimum atomic E-state index is 0.624. The van der Waals surface area contributed by atoms with Crippen molar-refractivity contribution in [3.05, 3.63) is 66.8 Å². The van der Waals surface area contributed by atoms with E-state index in [1.807, 2.05) is 42.3 Å². The summed E-state index contributed by atoms with van der Waals surface area (Å²) < 4.78 is 1.97. The number of hydrogen-bond acceptors (Lipinski definition) is 7. The molecule has 0 saturated carbocycles. The number of hydrogen-bond donors (Lipinski definition) is 2. The molecule has 6 aromatic heterocycles. The van der Waals surface area contributed by atoms with Crippen LogP contribution in [-0.2, 0) is 6.54 Å². The summed E-state index contributed by atoms with van der Waals surface area (Å²) in [6.07, 6.45) is 15.1. The van der Waals surface area contributed by atoms with Crippen molar-refractivity contribution >= 4 is 22.1 Å².